The van der Waals surface area contributed by atoms with Crippen molar-refractivity contribution in [2.24, 2.45) is 5.92 Å². The standard InChI is InChI=1S/C15H17NO3/c17-15-11-3-5-16(6-4-11)12(15)7-10-1-2-13-14(8-10)19-9-18-13/h1-2,8,11-12H,3-7,9H2/t12-/m1/s1. The number of Topliss-reactive ketones (excluding diaryl/α,β-unsaturated/α-hetero) is 1. The number of carbonyl (C=O) groups is 1. The van der Waals surface area contributed by atoms with E-state index in [1.54, 1.807) is 0 Å². The Balaban J connectivity index is 1.56. The molecule has 4 aliphatic rings. The molecule has 0 radical (unpaired) electrons. The summed E-state index contributed by atoms with van der Waals surface area (Å²) in [7, 11) is 0. The first-order valence-electron chi connectivity index (χ1n) is 6.97. The van der Waals surface area contributed by atoms with Gasteiger partial charge in [-0.1, -0.05) is 6.07 Å². The molecule has 0 aromatic heterocycles. The smallest absolute Gasteiger partial charge is 0.231 e. The normalized spacial score (nSPS) is 31.8. The van der Waals surface area contributed by atoms with E-state index in [4.69, 9.17) is 9.47 Å². The third kappa shape index (κ3) is 1.82. The topological polar surface area (TPSA) is 38.8 Å². The van der Waals surface area contributed by atoms with Gasteiger partial charge in [0.2, 0.25) is 6.79 Å². The van der Waals surface area contributed by atoms with E-state index in [0.29, 0.717) is 18.5 Å². The summed E-state index contributed by atoms with van der Waals surface area (Å²) in [5.41, 5.74) is 1.16. The zero-order chi connectivity index (χ0) is 12.8. The second-order valence-electron chi connectivity index (χ2n) is 5.62. The van der Waals surface area contributed by atoms with Crippen LogP contribution >= 0.6 is 0 Å². The average Bonchev–Trinajstić information content (AvgIpc) is 2.91. The third-order valence-corrected chi connectivity index (χ3v) is 4.57. The van der Waals surface area contributed by atoms with Crippen molar-refractivity contribution in [2.75, 3.05) is 19.9 Å². The van der Waals surface area contributed by atoms with Gasteiger partial charge in [0.25, 0.3) is 0 Å². The Morgan fingerprint density at radius 2 is 1.95 bits per heavy atom. The fourth-order valence-corrected chi connectivity index (χ4v) is 3.47. The maximum Gasteiger partial charge on any atom is 0.231 e. The second-order valence-corrected chi connectivity index (χ2v) is 5.62. The number of hydrogen-bond acceptors (Lipinski definition) is 4. The fourth-order valence-electron chi connectivity index (χ4n) is 3.47. The minimum absolute atomic E-state index is 0.0767. The molecule has 0 spiro atoms. The minimum atomic E-state index is 0.0767. The van der Waals surface area contributed by atoms with Crippen LogP contribution in [0.2, 0.25) is 0 Å². The van der Waals surface area contributed by atoms with E-state index in [1.807, 2.05) is 18.2 Å². The predicted molar refractivity (Wildman–Crippen MR) is 69.4 cm³/mol. The molecule has 0 saturated carbocycles. The number of benzene rings is 1. The Morgan fingerprint density at radius 1 is 1.16 bits per heavy atom. The van der Waals surface area contributed by atoms with Crippen molar-refractivity contribution in [3.05, 3.63) is 23.8 Å². The maximum atomic E-state index is 12.3. The highest BCUT2D eigenvalue weighted by Gasteiger charge is 2.40. The second kappa shape index (κ2) is 4.23. The molecule has 4 nitrogen and oxygen atoms in total. The Bertz CT molecular complexity index is 520. The van der Waals surface area contributed by atoms with Gasteiger partial charge in [0.1, 0.15) is 0 Å². The Hall–Kier alpha value is -1.55. The van der Waals surface area contributed by atoms with E-state index in [9.17, 15) is 4.79 Å². The molecule has 5 rings (SSSR count). The van der Waals surface area contributed by atoms with Gasteiger partial charge < -0.3 is 9.47 Å². The van der Waals surface area contributed by atoms with E-state index < -0.39 is 0 Å². The Labute approximate surface area is 112 Å². The molecule has 1 atom stereocenters. The summed E-state index contributed by atoms with van der Waals surface area (Å²) < 4.78 is 10.7. The van der Waals surface area contributed by atoms with Gasteiger partial charge in [0, 0.05) is 5.92 Å². The molecule has 2 bridgehead atoms. The molecule has 19 heavy (non-hydrogen) atoms. The number of piperidine rings is 3. The van der Waals surface area contributed by atoms with Gasteiger partial charge in [-0.05, 0) is 50.0 Å². The van der Waals surface area contributed by atoms with Crippen LogP contribution in [0.25, 0.3) is 0 Å². The molecule has 0 N–H and O–H groups in total. The van der Waals surface area contributed by atoms with Gasteiger partial charge in [-0.3, -0.25) is 9.69 Å². The first-order chi connectivity index (χ1) is 9.31. The van der Waals surface area contributed by atoms with Crippen molar-refractivity contribution in [2.45, 2.75) is 25.3 Å². The molecule has 1 aromatic rings. The molecule has 0 amide bonds. The van der Waals surface area contributed by atoms with Crippen LogP contribution in [-0.2, 0) is 11.2 Å². The van der Waals surface area contributed by atoms with Crippen LogP contribution in [0, 0.1) is 5.92 Å². The van der Waals surface area contributed by atoms with Gasteiger partial charge >= 0.3 is 0 Å². The molecule has 0 aliphatic carbocycles. The largest absolute Gasteiger partial charge is 0.454 e. The lowest BCUT2D eigenvalue weighted by atomic mass is 9.80. The van der Waals surface area contributed by atoms with E-state index >= 15 is 0 Å². The Kier molecular flexibility index (Phi) is 2.52. The molecule has 4 heterocycles. The monoisotopic (exact) mass is 259 g/mol. The van der Waals surface area contributed by atoms with Crippen molar-refractivity contribution < 1.29 is 14.3 Å². The first kappa shape index (κ1) is 11.3. The average molecular weight is 259 g/mol. The van der Waals surface area contributed by atoms with E-state index in [1.165, 1.54) is 0 Å². The fraction of sp³-hybridized carbons (Fsp3) is 0.533. The van der Waals surface area contributed by atoms with Crippen LogP contribution in [0.4, 0.5) is 0 Å². The zero-order valence-electron chi connectivity index (χ0n) is 10.8. The van der Waals surface area contributed by atoms with Crippen LogP contribution in [0.1, 0.15) is 18.4 Å². The number of ketones is 1. The lowest BCUT2D eigenvalue weighted by Gasteiger charge is -2.44. The number of rotatable bonds is 2. The zero-order valence-corrected chi connectivity index (χ0v) is 10.8. The van der Waals surface area contributed by atoms with Gasteiger partial charge in [0.15, 0.2) is 17.3 Å². The Morgan fingerprint density at radius 3 is 2.74 bits per heavy atom. The van der Waals surface area contributed by atoms with E-state index in [2.05, 4.69) is 4.90 Å². The van der Waals surface area contributed by atoms with Crippen molar-refractivity contribution in [3.8, 4) is 11.5 Å². The first-order valence-corrected chi connectivity index (χ1v) is 6.97. The lowest BCUT2D eigenvalue weighted by molar-refractivity contribution is -0.136. The SMILES string of the molecule is O=C1C2CCN(CC2)[C@@H]1Cc1ccc2c(c1)OCO2. The highest BCUT2D eigenvalue weighted by molar-refractivity contribution is 5.88. The number of ether oxygens (including phenoxy) is 2. The molecule has 4 aliphatic heterocycles. The quantitative estimate of drug-likeness (QED) is 0.809. The van der Waals surface area contributed by atoms with Gasteiger partial charge in [-0.15, -0.1) is 0 Å². The molecule has 100 valence electrons. The summed E-state index contributed by atoms with van der Waals surface area (Å²) in [6.07, 6.45) is 2.90. The summed E-state index contributed by atoms with van der Waals surface area (Å²) in [4.78, 5) is 14.7. The van der Waals surface area contributed by atoms with Crippen LogP contribution in [0.15, 0.2) is 18.2 Å². The number of nitrogens with zero attached hydrogens (tertiary/aromatic N) is 1. The molecule has 1 aromatic carbocycles. The van der Waals surface area contributed by atoms with Crippen molar-refractivity contribution in [1.29, 1.82) is 0 Å². The summed E-state index contributed by atoms with van der Waals surface area (Å²) in [6, 6.07) is 6.08. The number of fused-ring (bicyclic) bond motifs is 4. The van der Waals surface area contributed by atoms with Gasteiger partial charge in [0.05, 0.1) is 6.04 Å². The van der Waals surface area contributed by atoms with Gasteiger partial charge in [-0.2, -0.15) is 0 Å². The summed E-state index contributed by atoms with van der Waals surface area (Å²) in [5.74, 6) is 2.36. The molecule has 0 unspecified atom stereocenters. The highest BCUT2D eigenvalue weighted by atomic mass is 16.7. The molecule has 4 heteroatoms. The van der Waals surface area contributed by atoms with Crippen LogP contribution in [0.3, 0.4) is 0 Å². The molecule has 3 fully saturated rings. The van der Waals surface area contributed by atoms with Crippen molar-refractivity contribution in [1.82, 2.24) is 4.90 Å². The predicted octanol–water partition coefficient (Wildman–Crippen LogP) is 1.62. The van der Waals surface area contributed by atoms with Crippen LogP contribution in [-0.4, -0.2) is 36.6 Å². The van der Waals surface area contributed by atoms with E-state index in [0.717, 1.165) is 49.4 Å². The van der Waals surface area contributed by atoms with Crippen LogP contribution in [0.5, 0.6) is 11.5 Å². The summed E-state index contributed by atoms with van der Waals surface area (Å²) in [6.45, 7) is 2.45. The van der Waals surface area contributed by atoms with Crippen molar-refractivity contribution >= 4 is 5.78 Å². The number of hydrogen-bond donors (Lipinski definition) is 0. The molecule has 3 saturated heterocycles. The maximum absolute atomic E-state index is 12.3. The minimum Gasteiger partial charge on any atom is -0.454 e. The molecular weight excluding hydrogens is 242 g/mol. The lowest BCUT2D eigenvalue weighted by Crippen LogP contribution is -2.56. The third-order valence-electron chi connectivity index (χ3n) is 4.57. The van der Waals surface area contributed by atoms with Crippen molar-refractivity contribution in [3.63, 3.8) is 0 Å². The van der Waals surface area contributed by atoms with Gasteiger partial charge in [-0.25, -0.2) is 0 Å². The van der Waals surface area contributed by atoms with E-state index in [-0.39, 0.29) is 6.04 Å². The highest BCUT2D eigenvalue weighted by Crippen LogP contribution is 2.35. The number of carbonyl (C=O) groups excluding carboxylic acids is 1. The molecular formula is C15H17NO3. The summed E-state index contributed by atoms with van der Waals surface area (Å²) in [5, 5.41) is 0. The summed E-state index contributed by atoms with van der Waals surface area (Å²) >= 11 is 0. The van der Waals surface area contributed by atoms with Crippen LogP contribution < -0.4 is 9.47 Å².